The Labute approximate surface area is 111 Å². The van der Waals surface area contributed by atoms with Crippen LogP contribution < -0.4 is 5.32 Å². The number of carbonyl (C=O) groups is 1. The molecular weight excluding hydrogens is 283 g/mol. The van der Waals surface area contributed by atoms with Gasteiger partial charge in [0.2, 0.25) is 5.22 Å². The maximum absolute atomic E-state index is 12.3. The number of furan rings is 1. The molecule has 2 rings (SSSR count). The Morgan fingerprint density at radius 1 is 1.16 bits per heavy atom. The number of hydrogen-bond donors (Lipinski definition) is 1. The number of halogens is 4. The Kier molecular flexibility index (Phi) is 3.53. The van der Waals surface area contributed by atoms with Crippen molar-refractivity contribution in [3.8, 4) is 0 Å². The van der Waals surface area contributed by atoms with Crippen molar-refractivity contribution < 1.29 is 22.4 Å². The number of rotatable bonds is 2. The summed E-state index contributed by atoms with van der Waals surface area (Å²) in [5.74, 6) is -0.557. The molecule has 0 atom stereocenters. The Balaban J connectivity index is 2.12. The molecule has 1 N–H and O–H groups in total. The maximum Gasteiger partial charge on any atom is 0.416 e. The quantitative estimate of drug-likeness (QED) is 0.900. The lowest BCUT2D eigenvalue weighted by Gasteiger charge is -2.08. The highest BCUT2D eigenvalue weighted by Gasteiger charge is 2.30. The van der Waals surface area contributed by atoms with Crippen molar-refractivity contribution in [3.63, 3.8) is 0 Å². The van der Waals surface area contributed by atoms with Crippen LogP contribution in [-0.4, -0.2) is 5.91 Å². The highest BCUT2D eigenvalue weighted by Crippen LogP contribution is 2.30. The predicted octanol–water partition coefficient (Wildman–Crippen LogP) is 4.20. The van der Waals surface area contributed by atoms with Crippen LogP contribution in [0.15, 0.2) is 41.0 Å². The van der Waals surface area contributed by atoms with Crippen LogP contribution in [0.25, 0.3) is 0 Å². The first-order valence-corrected chi connectivity index (χ1v) is 5.47. The molecule has 1 aromatic heterocycles. The minimum Gasteiger partial charge on any atom is -0.452 e. The SMILES string of the molecule is O=C(Nc1ccc(C(F)(F)F)cc1)c1ccoc1Cl. The van der Waals surface area contributed by atoms with E-state index in [0.717, 1.165) is 24.3 Å². The third kappa shape index (κ3) is 3.08. The van der Waals surface area contributed by atoms with Crippen LogP contribution in [0.5, 0.6) is 0 Å². The first-order chi connectivity index (χ1) is 8.88. The lowest BCUT2D eigenvalue weighted by atomic mass is 10.2. The third-order valence-corrected chi connectivity index (χ3v) is 2.63. The van der Waals surface area contributed by atoms with Gasteiger partial charge >= 0.3 is 6.18 Å². The molecule has 0 aliphatic rings. The summed E-state index contributed by atoms with van der Waals surface area (Å²) in [4.78, 5) is 11.7. The molecule has 0 radical (unpaired) electrons. The second kappa shape index (κ2) is 4.97. The van der Waals surface area contributed by atoms with Crippen molar-refractivity contribution in [3.05, 3.63) is 52.9 Å². The summed E-state index contributed by atoms with van der Waals surface area (Å²) < 4.78 is 41.8. The summed E-state index contributed by atoms with van der Waals surface area (Å²) in [6.45, 7) is 0. The minimum atomic E-state index is -4.41. The fraction of sp³-hybridized carbons (Fsp3) is 0.0833. The molecular formula is C12H7ClF3NO2. The molecule has 3 nitrogen and oxygen atoms in total. The van der Waals surface area contributed by atoms with Crippen LogP contribution in [0.2, 0.25) is 5.22 Å². The van der Waals surface area contributed by atoms with E-state index in [1.165, 1.54) is 12.3 Å². The van der Waals surface area contributed by atoms with E-state index < -0.39 is 17.6 Å². The number of anilines is 1. The predicted molar refractivity (Wildman–Crippen MR) is 63.1 cm³/mol. The molecule has 100 valence electrons. The Bertz CT molecular complexity index is 590. The van der Waals surface area contributed by atoms with E-state index in [4.69, 9.17) is 16.0 Å². The fourth-order valence-corrected chi connectivity index (χ4v) is 1.60. The summed E-state index contributed by atoms with van der Waals surface area (Å²) in [6, 6.07) is 5.45. The van der Waals surface area contributed by atoms with E-state index in [-0.39, 0.29) is 16.5 Å². The molecule has 0 saturated heterocycles. The van der Waals surface area contributed by atoms with Gasteiger partial charge in [0, 0.05) is 5.69 Å². The van der Waals surface area contributed by atoms with Crippen LogP contribution >= 0.6 is 11.6 Å². The molecule has 0 fully saturated rings. The standard InChI is InChI=1S/C12H7ClF3NO2/c13-10-9(5-6-19-10)11(18)17-8-3-1-7(2-4-8)12(14,15)16/h1-6H,(H,17,18). The summed E-state index contributed by atoms with van der Waals surface area (Å²) in [6.07, 6.45) is -3.17. The van der Waals surface area contributed by atoms with Crippen molar-refractivity contribution in [2.75, 3.05) is 5.32 Å². The molecule has 0 bridgehead atoms. The molecule has 0 spiro atoms. The average Bonchev–Trinajstić information content (AvgIpc) is 2.75. The van der Waals surface area contributed by atoms with E-state index in [2.05, 4.69) is 5.32 Å². The number of amides is 1. The van der Waals surface area contributed by atoms with Crippen molar-refractivity contribution in [1.82, 2.24) is 0 Å². The van der Waals surface area contributed by atoms with Gasteiger partial charge in [0.1, 0.15) is 0 Å². The number of nitrogens with one attached hydrogen (secondary N) is 1. The smallest absolute Gasteiger partial charge is 0.416 e. The zero-order valence-electron chi connectivity index (χ0n) is 9.29. The van der Waals surface area contributed by atoms with Gasteiger partial charge in [-0.25, -0.2) is 0 Å². The average molecular weight is 290 g/mol. The van der Waals surface area contributed by atoms with Gasteiger partial charge in [0.15, 0.2) is 0 Å². The summed E-state index contributed by atoms with van der Waals surface area (Å²) >= 11 is 5.61. The van der Waals surface area contributed by atoms with E-state index in [1.54, 1.807) is 0 Å². The molecule has 1 aromatic carbocycles. The number of hydrogen-bond acceptors (Lipinski definition) is 2. The monoisotopic (exact) mass is 289 g/mol. The number of carbonyl (C=O) groups excluding carboxylic acids is 1. The third-order valence-electron chi connectivity index (χ3n) is 2.33. The van der Waals surface area contributed by atoms with Gasteiger partial charge in [-0.3, -0.25) is 4.79 Å². The van der Waals surface area contributed by atoms with Gasteiger partial charge in [-0.1, -0.05) is 0 Å². The molecule has 0 aliphatic carbocycles. The molecule has 19 heavy (non-hydrogen) atoms. The minimum absolute atomic E-state index is 0.0792. The van der Waals surface area contributed by atoms with E-state index in [1.807, 2.05) is 0 Å². The van der Waals surface area contributed by atoms with Crippen LogP contribution in [0.4, 0.5) is 18.9 Å². The molecule has 0 aliphatic heterocycles. The summed E-state index contributed by atoms with van der Waals surface area (Å²) in [7, 11) is 0. The molecule has 1 amide bonds. The van der Waals surface area contributed by atoms with Crippen molar-refractivity contribution >= 4 is 23.2 Å². The lowest BCUT2D eigenvalue weighted by molar-refractivity contribution is -0.137. The summed E-state index contributed by atoms with van der Waals surface area (Å²) in [5, 5.41) is 2.33. The highest BCUT2D eigenvalue weighted by molar-refractivity contribution is 6.32. The first kappa shape index (κ1) is 13.5. The number of benzene rings is 1. The molecule has 2 aromatic rings. The fourth-order valence-electron chi connectivity index (χ4n) is 1.40. The molecule has 0 unspecified atom stereocenters. The van der Waals surface area contributed by atoms with Gasteiger partial charge in [0.05, 0.1) is 17.4 Å². The van der Waals surface area contributed by atoms with E-state index in [9.17, 15) is 18.0 Å². The number of alkyl halides is 3. The second-order valence-electron chi connectivity index (χ2n) is 3.64. The van der Waals surface area contributed by atoms with E-state index >= 15 is 0 Å². The summed E-state index contributed by atoms with van der Waals surface area (Å²) in [5.41, 5.74) is -0.441. The van der Waals surface area contributed by atoms with Gasteiger partial charge in [0.25, 0.3) is 5.91 Å². The molecule has 0 saturated carbocycles. The Morgan fingerprint density at radius 3 is 2.26 bits per heavy atom. The van der Waals surface area contributed by atoms with Crippen LogP contribution in [0, 0.1) is 0 Å². The van der Waals surface area contributed by atoms with Crippen LogP contribution in [0.1, 0.15) is 15.9 Å². The highest BCUT2D eigenvalue weighted by atomic mass is 35.5. The van der Waals surface area contributed by atoms with E-state index in [0.29, 0.717) is 0 Å². The largest absolute Gasteiger partial charge is 0.452 e. The van der Waals surface area contributed by atoms with Gasteiger partial charge < -0.3 is 9.73 Å². The van der Waals surface area contributed by atoms with Crippen molar-refractivity contribution in [2.45, 2.75) is 6.18 Å². The zero-order valence-corrected chi connectivity index (χ0v) is 10.0. The molecule has 1 heterocycles. The van der Waals surface area contributed by atoms with Crippen molar-refractivity contribution in [2.24, 2.45) is 0 Å². The molecule has 7 heteroatoms. The van der Waals surface area contributed by atoms with Crippen LogP contribution in [-0.2, 0) is 6.18 Å². The topological polar surface area (TPSA) is 42.2 Å². The van der Waals surface area contributed by atoms with Gasteiger partial charge in [-0.2, -0.15) is 13.2 Å². The zero-order chi connectivity index (χ0) is 14.0. The van der Waals surface area contributed by atoms with Gasteiger partial charge in [-0.05, 0) is 41.9 Å². The Morgan fingerprint density at radius 2 is 1.79 bits per heavy atom. The first-order valence-electron chi connectivity index (χ1n) is 5.09. The maximum atomic E-state index is 12.3. The second-order valence-corrected chi connectivity index (χ2v) is 3.98. The van der Waals surface area contributed by atoms with Crippen LogP contribution in [0.3, 0.4) is 0 Å². The Hall–Kier alpha value is -1.95. The lowest BCUT2D eigenvalue weighted by Crippen LogP contribution is -2.12. The normalized spacial score (nSPS) is 11.4. The van der Waals surface area contributed by atoms with Crippen molar-refractivity contribution in [1.29, 1.82) is 0 Å². The van der Waals surface area contributed by atoms with Gasteiger partial charge in [-0.15, -0.1) is 0 Å².